The third-order valence-corrected chi connectivity index (χ3v) is 6.07. The Bertz CT molecular complexity index is 1160. The number of ether oxygens (including phenoxy) is 1. The topological polar surface area (TPSA) is 96.3 Å². The van der Waals surface area contributed by atoms with E-state index in [0.717, 1.165) is 16.0 Å². The minimum Gasteiger partial charge on any atom is -0.427 e. The molecule has 0 spiro atoms. The van der Waals surface area contributed by atoms with Gasteiger partial charge in [0.15, 0.2) is 5.78 Å². The molecule has 5 rings (SSSR count). The fourth-order valence-corrected chi connectivity index (χ4v) is 4.91. The summed E-state index contributed by atoms with van der Waals surface area (Å²) in [6.07, 6.45) is 1.67. The molecule has 4 atom stereocenters. The van der Waals surface area contributed by atoms with Gasteiger partial charge in [0.2, 0.25) is 11.8 Å². The van der Waals surface area contributed by atoms with Gasteiger partial charge >= 0.3 is 5.97 Å². The molecule has 0 saturated carbocycles. The molecule has 3 aliphatic rings. The predicted molar refractivity (Wildman–Crippen MR) is 110 cm³/mol. The van der Waals surface area contributed by atoms with Crippen LogP contribution in [-0.2, 0) is 19.2 Å². The first kappa shape index (κ1) is 19.2. The summed E-state index contributed by atoms with van der Waals surface area (Å²) in [7, 11) is 0. The van der Waals surface area contributed by atoms with Gasteiger partial charge in [0, 0.05) is 6.92 Å². The van der Waals surface area contributed by atoms with Gasteiger partial charge in [0.05, 0.1) is 29.8 Å². The minimum atomic E-state index is -0.813. The van der Waals surface area contributed by atoms with Crippen molar-refractivity contribution in [3.05, 3.63) is 59.7 Å². The lowest BCUT2D eigenvalue weighted by Gasteiger charge is -2.33. The zero-order valence-electron chi connectivity index (χ0n) is 16.9. The van der Waals surface area contributed by atoms with Gasteiger partial charge in [-0.25, -0.2) is 4.90 Å². The van der Waals surface area contributed by atoms with Crippen LogP contribution in [0.1, 0.15) is 31.0 Å². The van der Waals surface area contributed by atoms with Crippen LogP contribution in [0.5, 0.6) is 5.75 Å². The molecule has 8 heteroatoms. The van der Waals surface area contributed by atoms with Crippen molar-refractivity contribution in [2.45, 2.75) is 25.9 Å². The van der Waals surface area contributed by atoms with Gasteiger partial charge in [-0.05, 0) is 42.3 Å². The Kier molecular flexibility index (Phi) is 4.25. The van der Waals surface area contributed by atoms with Gasteiger partial charge in [0.1, 0.15) is 11.8 Å². The number of amides is 2. The molecule has 0 bridgehead atoms. The van der Waals surface area contributed by atoms with E-state index in [4.69, 9.17) is 4.74 Å². The standard InChI is InChI=1S/C23H19N3O5/c1-12(27)20-18-19(21-17-6-4-3-5-14(17)11-24-26(20)21)23(30)25(22(18)29)15-7-9-16(10-8-15)31-13(2)28/h3-11,18-21H,1-2H3/t18-,19-,20+,21+/m0/s1. The smallest absolute Gasteiger partial charge is 0.308 e. The van der Waals surface area contributed by atoms with Gasteiger partial charge in [-0.15, -0.1) is 0 Å². The molecule has 31 heavy (non-hydrogen) atoms. The highest BCUT2D eigenvalue weighted by atomic mass is 16.5. The lowest BCUT2D eigenvalue weighted by atomic mass is 9.84. The summed E-state index contributed by atoms with van der Waals surface area (Å²) in [5.74, 6) is -2.66. The van der Waals surface area contributed by atoms with E-state index in [1.807, 2.05) is 24.3 Å². The molecule has 0 aromatic heterocycles. The van der Waals surface area contributed by atoms with E-state index in [1.165, 1.54) is 26.0 Å². The number of carbonyl (C=O) groups is 4. The van der Waals surface area contributed by atoms with Crippen molar-refractivity contribution in [2.75, 3.05) is 4.90 Å². The van der Waals surface area contributed by atoms with Crippen LogP contribution in [0.3, 0.4) is 0 Å². The van der Waals surface area contributed by atoms with Crippen molar-refractivity contribution in [3.63, 3.8) is 0 Å². The summed E-state index contributed by atoms with van der Waals surface area (Å²) in [6, 6.07) is 12.5. The van der Waals surface area contributed by atoms with Crippen LogP contribution >= 0.6 is 0 Å². The number of benzene rings is 2. The van der Waals surface area contributed by atoms with Crippen molar-refractivity contribution >= 4 is 35.5 Å². The third kappa shape index (κ3) is 2.78. The van der Waals surface area contributed by atoms with Gasteiger partial charge < -0.3 is 4.74 Å². The number of rotatable bonds is 3. The number of imide groups is 1. The number of hydrogen-bond acceptors (Lipinski definition) is 7. The van der Waals surface area contributed by atoms with Crippen molar-refractivity contribution < 1.29 is 23.9 Å². The lowest BCUT2D eigenvalue weighted by Crippen LogP contribution is -2.43. The number of ketones is 1. The van der Waals surface area contributed by atoms with E-state index in [-0.39, 0.29) is 11.7 Å². The van der Waals surface area contributed by atoms with Crippen LogP contribution in [0.4, 0.5) is 5.69 Å². The molecule has 2 aromatic rings. The first-order chi connectivity index (χ1) is 14.9. The number of carbonyl (C=O) groups excluding carboxylic acids is 4. The average Bonchev–Trinajstić information content (AvgIpc) is 3.21. The predicted octanol–water partition coefficient (Wildman–Crippen LogP) is 2.08. The van der Waals surface area contributed by atoms with Crippen molar-refractivity contribution in [1.29, 1.82) is 0 Å². The number of nitrogens with zero attached hydrogens (tertiary/aromatic N) is 3. The quantitative estimate of drug-likeness (QED) is 0.431. The van der Waals surface area contributed by atoms with Gasteiger partial charge in [0.25, 0.3) is 0 Å². The molecule has 3 heterocycles. The maximum atomic E-state index is 13.5. The first-order valence-corrected chi connectivity index (χ1v) is 9.96. The second-order valence-electron chi connectivity index (χ2n) is 7.90. The molecule has 0 N–H and O–H groups in total. The summed E-state index contributed by atoms with van der Waals surface area (Å²) in [6.45, 7) is 2.72. The average molecular weight is 417 g/mol. The molecule has 0 unspecified atom stereocenters. The fourth-order valence-electron chi connectivity index (χ4n) is 4.91. The second kappa shape index (κ2) is 6.87. The molecule has 2 aromatic carbocycles. The van der Waals surface area contributed by atoms with Gasteiger partial charge in [-0.2, -0.15) is 5.10 Å². The summed E-state index contributed by atoms with van der Waals surface area (Å²) in [5.41, 5.74) is 2.13. The molecule has 0 radical (unpaired) electrons. The highest BCUT2D eigenvalue weighted by Gasteiger charge is 2.64. The number of anilines is 1. The molecule has 2 fully saturated rings. The van der Waals surface area contributed by atoms with Gasteiger partial charge in [-0.1, -0.05) is 24.3 Å². The van der Waals surface area contributed by atoms with Gasteiger partial charge in [-0.3, -0.25) is 24.2 Å². The van der Waals surface area contributed by atoms with E-state index in [9.17, 15) is 19.2 Å². The minimum absolute atomic E-state index is 0.206. The number of Topliss-reactive ketones (excluding diaryl/α,β-unsaturated/α-hetero) is 1. The summed E-state index contributed by atoms with van der Waals surface area (Å²) >= 11 is 0. The number of fused-ring (bicyclic) bond motifs is 5. The Balaban J connectivity index is 1.56. The van der Waals surface area contributed by atoms with E-state index in [1.54, 1.807) is 23.4 Å². The molecule has 3 aliphatic heterocycles. The van der Waals surface area contributed by atoms with E-state index in [2.05, 4.69) is 5.10 Å². The molecule has 0 aliphatic carbocycles. The summed E-state index contributed by atoms with van der Waals surface area (Å²) < 4.78 is 5.02. The van der Waals surface area contributed by atoms with Crippen molar-refractivity contribution in [2.24, 2.45) is 16.9 Å². The fraction of sp³-hybridized carbons (Fsp3) is 0.261. The maximum absolute atomic E-state index is 13.5. The zero-order chi connectivity index (χ0) is 21.9. The maximum Gasteiger partial charge on any atom is 0.308 e. The summed E-state index contributed by atoms with van der Waals surface area (Å²) in [5, 5.41) is 6.06. The SMILES string of the molecule is CC(=O)Oc1ccc(N2C(=O)[C@H]3[C@H](C2=O)[C@H]2c4ccccc4C=NN2[C@@H]3C(C)=O)cc1. The Morgan fingerprint density at radius 3 is 2.29 bits per heavy atom. The molecular weight excluding hydrogens is 398 g/mol. The normalized spacial score (nSPS) is 25.9. The molecule has 156 valence electrons. The van der Waals surface area contributed by atoms with E-state index < -0.39 is 35.8 Å². The van der Waals surface area contributed by atoms with E-state index in [0.29, 0.717) is 11.4 Å². The van der Waals surface area contributed by atoms with Crippen LogP contribution in [0.25, 0.3) is 0 Å². The Morgan fingerprint density at radius 1 is 0.935 bits per heavy atom. The van der Waals surface area contributed by atoms with Crippen LogP contribution in [0.2, 0.25) is 0 Å². The highest BCUT2D eigenvalue weighted by molar-refractivity contribution is 6.24. The highest BCUT2D eigenvalue weighted by Crippen LogP contribution is 2.52. The Morgan fingerprint density at radius 2 is 1.61 bits per heavy atom. The number of esters is 1. The van der Waals surface area contributed by atoms with Crippen LogP contribution in [0, 0.1) is 11.8 Å². The van der Waals surface area contributed by atoms with E-state index >= 15 is 0 Å². The largest absolute Gasteiger partial charge is 0.427 e. The number of hydrogen-bond donors (Lipinski definition) is 0. The van der Waals surface area contributed by atoms with Crippen LogP contribution in [0.15, 0.2) is 53.6 Å². The lowest BCUT2D eigenvalue weighted by molar-refractivity contribution is -0.132. The monoisotopic (exact) mass is 417 g/mol. The molecule has 8 nitrogen and oxygen atoms in total. The molecular formula is C23H19N3O5. The zero-order valence-corrected chi connectivity index (χ0v) is 16.9. The Labute approximate surface area is 178 Å². The Hall–Kier alpha value is -3.81. The third-order valence-electron chi connectivity index (χ3n) is 6.07. The first-order valence-electron chi connectivity index (χ1n) is 9.96. The molecule has 2 amide bonds. The van der Waals surface area contributed by atoms with Crippen molar-refractivity contribution in [1.82, 2.24) is 5.01 Å². The number of hydrazone groups is 1. The van der Waals surface area contributed by atoms with Crippen LogP contribution < -0.4 is 9.64 Å². The molecule has 2 saturated heterocycles. The second-order valence-corrected chi connectivity index (χ2v) is 7.90. The van der Waals surface area contributed by atoms with Crippen LogP contribution in [-0.4, -0.2) is 40.8 Å². The summed E-state index contributed by atoms with van der Waals surface area (Å²) in [4.78, 5) is 51.8. The van der Waals surface area contributed by atoms with Crippen molar-refractivity contribution in [3.8, 4) is 5.75 Å².